The summed E-state index contributed by atoms with van der Waals surface area (Å²) in [5, 5.41) is 14.0. The van der Waals surface area contributed by atoms with Crippen molar-refractivity contribution in [2.24, 2.45) is 5.92 Å². The van der Waals surface area contributed by atoms with E-state index < -0.39 is 23.0 Å². The van der Waals surface area contributed by atoms with E-state index in [1.165, 1.54) is 19.1 Å². The number of benzene rings is 1. The molecular weight excluding hydrogens is 326 g/mol. The van der Waals surface area contributed by atoms with Crippen LogP contribution in [0.5, 0.6) is 0 Å². The van der Waals surface area contributed by atoms with Gasteiger partial charge in [-0.15, -0.1) is 0 Å². The van der Waals surface area contributed by atoms with Crippen LogP contribution in [0.2, 0.25) is 0 Å². The van der Waals surface area contributed by atoms with E-state index in [9.17, 15) is 19.7 Å². The van der Waals surface area contributed by atoms with Crippen LogP contribution >= 0.6 is 0 Å². The molecule has 1 aliphatic heterocycles. The molecule has 2 atom stereocenters. The molecule has 136 valence electrons. The molecule has 0 saturated heterocycles. The first-order chi connectivity index (χ1) is 11.7. The number of nitro benzene ring substituents is 1. The molecule has 0 saturated carbocycles. The highest BCUT2D eigenvalue weighted by atomic mass is 16.6. The van der Waals surface area contributed by atoms with Gasteiger partial charge in [-0.25, -0.2) is 0 Å². The first-order valence-corrected chi connectivity index (χ1v) is 8.14. The van der Waals surface area contributed by atoms with Crippen LogP contribution in [-0.2, 0) is 20.7 Å². The van der Waals surface area contributed by atoms with Crippen molar-refractivity contribution in [2.45, 2.75) is 39.3 Å². The number of nitrogens with zero attached hydrogens (tertiary/aromatic N) is 2. The van der Waals surface area contributed by atoms with Crippen LogP contribution in [0.1, 0.15) is 26.3 Å². The van der Waals surface area contributed by atoms with Gasteiger partial charge in [-0.2, -0.15) is 0 Å². The molecule has 1 aromatic rings. The summed E-state index contributed by atoms with van der Waals surface area (Å²) in [4.78, 5) is 36.3. The van der Waals surface area contributed by atoms with Crippen LogP contribution in [0.25, 0.3) is 0 Å². The van der Waals surface area contributed by atoms with Crippen molar-refractivity contribution < 1.29 is 19.2 Å². The Morgan fingerprint density at radius 3 is 2.72 bits per heavy atom. The van der Waals surface area contributed by atoms with Crippen molar-refractivity contribution in [3.63, 3.8) is 0 Å². The highest BCUT2D eigenvalue weighted by Crippen LogP contribution is 2.30. The molecule has 1 aromatic carbocycles. The molecule has 0 spiro atoms. The highest BCUT2D eigenvalue weighted by molar-refractivity contribution is 5.86. The second kappa shape index (κ2) is 7.50. The lowest BCUT2D eigenvalue weighted by Crippen LogP contribution is -2.54. The van der Waals surface area contributed by atoms with Gasteiger partial charge >= 0.3 is 5.97 Å². The van der Waals surface area contributed by atoms with Gasteiger partial charge in [0, 0.05) is 31.8 Å². The number of hydrogen-bond acceptors (Lipinski definition) is 6. The molecule has 8 nitrogen and oxygen atoms in total. The first-order valence-electron chi connectivity index (χ1n) is 8.14. The van der Waals surface area contributed by atoms with Crippen LogP contribution in [0.3, 0.4) is 0 Å². The van der Waals surface area contributed by atoms with Gasteiger partial charge in [-0.1, -0.05) is 13.8 Å². The van der Waals surface area contributed by atoms with Crippen LogP contribution in [0.15, 0.2) is 18.2 Å². The van der Waals surface area contributed by atoms with E-state index in [0.29, 0.717) is 6.42 Å². The maximum atomic E-state index is 12.7. The summed E-state index contributed by atoms with van der Waals surface area (Å²) in [5.41, 5.74) is 1.50. The Balaban J connectivity index is 2.46. The van der Waals surface area contributed by atoms with Gasteiger partial charge in [0.05, 0.1) is 11.0 Å². The zero-order valence-corrected chi connectivity index (χ0v) is 14.8. The summed E-state index contributed by atoms with van der Waals surface area (Å²) in [6.45, 7) is 5.20. The number of carbonyl (C=O) groups is 2. The SMILES string of the molecule is CC(=O)OC[C@@H]1Cc2cc([N+](=O)[O-])ccc2N(C)[C@@H](C(C)C)C(=O)N1. The Morgan fingerprint density at radius 1 is 1.48 bits per heavy atom. The van der Waals surface area contributed by atoms with Gasteiger partial charge < -0.3 is 15.0 Å². The maximum absolute atomic E-state index is 12.7. The smallest absolute Gasteiger partial charge is 0.302 e. The Labute approximate surface area is 146 Å². The summed E-state index contributed by atoms with van der Waals surface area (Å²) in [7, 11) is 1.81. The topological polar surface area (TPSA) is 102 Å². The van der Waals surface area contributed by atoms with Gasteiger partial charge in [0.15, 0.2) is 0 Å². The summed E-state index contributed by atoms with van der Waals surface area (Å²) in [5.74, 6) is -0.563. The fourth-order valence-electron chi connectivity index (χ4n) is 3.19. The Morgan fingerprint density at radius 2 is 2.16 bits per heavy atom. The van der Waals surface area contributed by atoms with E-state index in [1.807, 2.05) is 18.7 Å². The third kappa shape index (κ3) is 4.26. The third-order valence-electron chi connectivity index (χ3n) is 4.27. The lowest BCUT2D eigenvalue weighted by atomic mass is 9.95. The number of nitro groups is 1. The molecule has 0 unspecified atom stereocenters. The fourth-order valence-corrected chi connectivity index (χ4v) is 3.19. The van der Waals surface area contributed by atoms with E-state index in [2.05, 4.69) is 5.32 Å². The van der Waals surface area contributed by atoms with E-state index >= 15 is 0 Å². The Kier molecular flexibility index (Phi) is 5.61. The summed E-state index contributed by atoms with van der Waals surface area (Å²) < 4.78 is 5.04. The molecule has 1 N–H and O–H groups in total. The number of ether oxygens (including phenoxy) is 1. The molecule has 0 bridgehead atoms. The standard InChI is InChI=1S/C17H23N3O5/c1-10(2)16-17(22)18-13(9-25-11(3)21)7-12-8-14(20(23)24)5-6-15(12)19(16)4/h5-6,8,10,13,16H,7,9H2,1-4H3,(H,18,22)/t13-,16-/m0/s1. The van der Waals surface area contributed by atoms with Crippen molar-refractivity contribution in [1.29, 1.82) is 0 Å². The van der Waals surface area contributed by atoms with Crippen LogP contribution in [-0.4, -0.2) is 42.5 Å². The number of nitrogens with one attached hydrogen (secondary N) is 1. The minimum atomic E-state index is -0.446. The molecule has 1 amide bonds. The molecule has 1 aliphatic rings. The molecule has 25 heavy (non-hydrogen) atoms. The number of anilines is 1. The minimum absolute atomic E-state index is 0.00798. The number of fused-ring (bicyclic) bond motifs is 1. The number of non-ortho nitro benzene ring substituents is 1. The number of hydrogen-bond donors (Lipinski definition) is 1. The minimum Gasteiger partial charge on any atom is -0.464 e. The average molecular weight is 349 g/mol. The maximum Gasteiger partial charge on any atom is 0.302 e. The number of rotatable bonds is 4. The van der Waals surface area contributed by atoms with Gasteiger partial charge in [-0.3, -0.25) is 19.7 Å². The van der Waals surface area contributed by atoms with E-state index in [4.69, 9.17) is 4.74 Å². The van der Waals surface area contributed by atoms with Crippen LogP contribution < -0.4 is 10.2 Å². The van der Waals surface area contributed by atoms with Crippen molar-refractivity contribution in [1.82, 2.24) is 5.32 Å². The number of amides is 1. The lowest BCUT2D eigenvalue weighted by molar-refractivity contribution is -0.384. The van der Waals surface area contributed by atoms with Crippen LogP contribution in [0, 0.1) is 16.0 Å². The number of likely N-dealkylation sites (N-methyl/N-ethyl adjacent to an activating group) is 1. The van der Waals surface area contributed by atoms with Gasteiger partial charge in [0.25, 0.3) is 5.69 Å². The van der Waals surface area contributed by atoms with Gasteiger partial charge in [0.1, 0.15) is 12.6 Å². The largest absolute Gasteiger partial charge is 0.464 e. The van der Waals surface area contributed by atoms with E-state index in [0.717, 1.165) is 11.3 Å². The number of esters is 1. The average Bonchev–Trinajstić information content (AvgIpc) is 2.50. The number of carbonyl (C=O) groups excluding carboxylic acids is 2. The third-order valence-corrected chi connectivity index (χ3v) is 4.27. The highest BCUT2D eigenvalue weighted by Gasteiger charge is 2.33. The quantitative estimate of drug-likeness (QED) is 0.504. The molecule has 0 fully saturated rings. The van der Waals surface area contributed by atoms with E-state index in [1.54, 1.807) is 13.1 Å². The zero-order chi connectivity index (χ0) is 18.7. The molecule has 0 aromatic heterocycles. The monoisotopic (exact) mass is 349 g/mol. The Hall–Kier alpha value is -2.64. The summed E-state index contributed by atoms with van der Waals surface area (Å²) >= 11 is 0. The normalized spacial score (nSPS) is 20.4. The van der Waals surface area contributed by atoms with Crippen molar-refractivity contribution in [3.8, 4) is 0 Å². The van der Waals surface area contributed by atoms with Gasteiger partial charge in [-0.05, 0) is 24.0 Å². The second-order valence-corrected chi connectivity index (χ2v) is 6.58. The molecular formula is C17H23N3O5. The van der Waals surface area contributed by atoms with Crippen LogP contribution in [0.4, 0.5) is 11.4 Å². The molecule has 0 radical (unpaired) electrons. The first kappa shape index (κ1) is 18.7. The summed E-state index contributed by atoms with van der Waals surface area (Å²) in [6.07, 6.45) is 0.338. The molecule has 1 heterocycles. The van der Waals surface area contributed by atoms with Crippen molar-refractivity contribution in [2.75, 3.05) is 18.6 Å². The Bertz CT molecular complexity index is 689. The van der Waals surface area contributed by atoms with Gasteiger partial charge in [0.2, 0.25) is 5.91 Å². The zero-order valence-electron chi connectivity index (χ0n) is 14.8. The molecule has 2 rings (SSSR count). The predicted molar refractivity (Wildman–Crippen MR) is 92.4 cm³/mol. The van der Waals surface area contributed by atoms with Crippen molar-refractivity contribution in [3.05, 3.63) is 33.9 Å². The second-order valence-electron chi connectivity index (χ2n) is 6.58. The predicted octanol–water partition coefficient (Wildman–Crippen LogP) is 1.66. The van der Waals surface area contributed by atoms with Crippen molar-refractivity contribution >= 4 is 23.3 Å². The molecule has 0 aliphatic carbocycles. The summed E-state index contributed by atoms with van der Waals surface area (Å²) in [6, 6.07) is 3.76. The fraction of sp³-hybridized carbons (Fsp3) is 0.529. The lowest BCUT2D eigenvalue weighted by Gasteiger charge is -2.37. The molecule has 8 heteroatoms. The van der Waals surface area contributed by atoms with E-state index in [-0.39, 0.29) is 24.1 Å².